The van der Waals surface area contributed by atoms with Gasteiger partial charge in [-0.2, -0.15) is 0 Å². The van der Waals surface area contributed by atoms with E-state index < -0.39 is 0 Å². The van der Waals surface area contributed by atoms with Gasteiger partial charge in [-0.3, -0.25) is 4.79 Å². The number of carbonyl (C=O) groups is 1. The molecule has 0 atom stereocenters. The van der Waals surface area contributed by atoms with E-state index in [1.54, 1.807) is 30.5 Å². The van der Waals surface area contributed by atoms with Crippen molar-refractivity contribution in [2.45, 2.75) is 32.4 Å². The number of carbonyl (C=O) groups excluding carboxylic acids is 1. The Bertz CT molecular complexity index is 1060. The number of nitrogens with zero attached hydrogens (tertiary/aromatic N) is 1. The predicted octanol–water partition coefficient (Wildman–Crippen LogP) is 4.47. The number of benzene rings is 2. The molecule has 3 aromatic rings. The van der Waals surface area contributed by atoms with Gasteiger partial charge in [-0.15, -0.1) is 0 Å². The van der Waals surface area contributed by atoms with E-state index in [4.69, 9.17) is 0 Å². The molecule has 0 bridgehead atoms. The largest absolute Gasteiger partial charge is 0.365 e. The van der Waals surface area contributed by atoms with Gasteiger partial charge in [0.15, 0.2) is 0 Å². The van der Waals surface area contributed by atoms with Gasteiger partial charge in [0.05, 0.1) is 5.56 Å². The van der Waals surface area contributed by atoms with Crippen LogP contribution in [-0.4, -0.2) is 17.4 Å². The first-order chi connectivity index (χ1) is 14.4. The molecule has 0 radical (unpaired) electrons. The molecule has 0 spiro atoms. The third kappa shape index (κ3) is 4.33. The van der Waals surface area contributed by atoms with Crippen LogP contribution in [0.3, 0.4) is 0 Å². The van der Waals surface area contributed by atoms with Gasteiger partial charge < -0.3 is 16.0 Å². The van der Waals surface area contributed by atoms with Crippen molar-refractivity contribution in [3.63, 3.8) is 0 Å². The van der Waals surface area contributed by atoms with Crippen LogP contribution < -0.4 is 16.0 Å². The Morgan fingerprint density at radius 2 is 1.97 bits per heavy atom. The second-order valence-corrected chi connectivity index (χ2v) is 8.19. The number of rotatable bonds is 5. The predicted molar refractivity (Wildman–Crippen MR) is 117 cm³/mol. The van der Waals surface area contributed by atoms with Gasteiger partial charge in [0.25, 0.3) is 5.91 Å². The van der Waals surface area contributed by atoms with Gasteiger partial charge in [0.2, 0.25) is 0 Å². The highest BCUT2D eigenvalue weighted by atomic mass is 19.1. The van der Waals surface area contributed by atoms with E-state index in [2.05, 4.69) is 40.8 Å². The molecule has 1 amide bonds. The Kier molecular flexibility index (Phi) is 5.50. The second-order valence-electron chi connectivity index (χ2n) is 8.19. The fourth-order valence-electron chi connectivity index (χ4n) is 3.80. The Balaban J connectivity index is 1.49. The lowest BCUT2D eigenvalue weighted by Gasteiger charge is -2.33. The number of anilines is 2. The summed E-state index contributed by atoms with van der Waals surface area (Å²) in [6.07, 6.45) is 1.64. The molecule has 154 valence electrons. The summed E-state index contributed by atoms with van der Waals surface area (Å²) in [6.45, 7) is 6.59. The van der Waals surface area contributed by atoms with Crippen LogP contribution in [0.2, 0.25) is 0 Å². The zero-order valence-electron chi connectivity index (χ0n) is 17.1. The molecular weight excluding hydrogens is 379 g/mol. The van der Waals surface area contributed by atoms with Crippen molar-refractivity contribution in [2.75, 3.05) is 17.2 Å². The Morgan fingerprint density at radius 1 is 1.17 bits per heavy atom. The highest BCUT2D eigenvalue weighted by molar-refractivity contribution is 6.07. The minimum atomic E-state index is -0.278. The smallest absolute Gasteiger partial charge is 0.259 e. The van der Waals surface area contributed by atoms with Crippen LogP contribution in [0.1, 0.15) is 40.9 Å². The number of nitrogens with one attached hydrogen (secondary N) is 3. The first-order valence-corrected chi connectivity index (χ1v) is 10.0. The van der Waals surface area contributed by atoms with E-state index in [-0.39, 0.29) is 17.1 Å². The number of fused-ring (bicyclic) bond motifs is 1. The Morgan fingerprint density at radius 3 is 2.77 bits per heavy atom. The SMILES string of the molecule is CC1(C)CNCc2cc(NC(=O)c3cccnc3NCc3ccc(F)cc3)ccc21. The molecule has 0 fully saturated rings. The van der Waals surface area contributed by atoms with Gasteiger partial charge in [-0.25, -0.2) is 9.37 Å². The molecule has 0 unspecified atom stereocenters. The average molecular weight is 404 g/mol. The maximum Gasteiger partial charge on any atom is 0.259 e. The number of aromatic nitrogens is 1. The molecule has 2 aromatic carbocycles. The maximum absolute atomic E-state index is 13.1. The van der Waals surface area contributed by atoms with E-state index in [1.807, 2.05) is 12.1 Å². The summed E-state index contributed by atoms with van der Waals surface area (Å²) in [6, 6.07) is 15.8. The summed E-state index contributed by atoms with van der Waals surface area (Å²) in [7, 11) is 0. The van der Waals surface area contributed by atoms with Crippen molar-refractivity contribution in [1.29, 1.82) is 0 Å². The van der Waals surface area contributed by atoms with Gasteiger partial charge in [0.1, 0.15) is 11.6 Å². The number of pyridine rings is 1. The molecule has 1 aliphatic heterocycles. The van der Waals surface area contributed by atoms with Crippen molar-refractivity contribution >= 4 is 17.4 Å². The van der Waals surface area contributed by atoms with Crippen molar-refractivity contribution < 1.29 is 9.18 Å². The van der Waals surface area contributed by atoms with Crippen molar-refractivity contribution in [3.8, 4) is 0 Å². The van der Waals surface area contributed by atoms with E-state index in [0.717, 1.165) is 24.3 Å². The average Bonchev–Trinajstić information content (AvgIpc) is 2.73. The third-order valence-electron chi connectivity index (χ3n) is 5.40. The third-order valence-corrected chi connectivity index (χ3v) is 5.40. The lowest BCUT2D eigenvalue weighted by Crippen LogP contribution is -2.38. The highest BCUT2D eigenvalue weighted by Gasteiger charge is 2.27. The van der Waals surface area contributed by atoms with Gasteiger partial charge in [0, 0.05) is 36.9 Å². The van der Waals surface area contributed by atoms with Crippen LogP contribution in [0.4, 0.5) is 15.9 Å². The van der Waals surface area contributed by atoms with Crippen LogP contribution >= 0.6 is 0 Å². The summed E-state index contributed by atoms with van der Waals surface area (Å²) in [5, 5.41) is 9.59. The van der Waals surface area contributed by atoms with E-state index >= 15 is 0 Å². The fourth-order valence-corrected chi connectivity index (χ4v) is 3.80. The van der Waals surface area contributed by atoms with Crippen LogP contribution in [0, 0.1) is 5.82 Å². The Hall–Kier alpha value is -3.25. The number of halogens is 1. The zero-order valence-corrected chi connectivity index (χ0v) is 17.1. The van der Waals surface area contributed by atoms with Gasteiger partial charge in [-0.05, 0) is 53.1 Å². The summed E-state index contributed by atoms with van der Waals surface area (Å²) in [5.41, 5.74) is 4.68. The number of amides is 1. The lowest BCUT2D eigenvalue weighted by atomic mass is 9.79. The molecule has 3 N–H and O–H groups in total. The van der Waals surface area contributed by atoms with Crippen LogP contribution in [0.5, 0.6) is 0 Å². The molecule has 4 rings (SSSR count). The highest BCUT2D eigenvalue weighted by Crippen LogP contribution is 2.31. The fraction of sp³-hybridized carbons (Fsp3) is 0.250. The van der Waals surface area contributed by atoms with Gasteiger partial charge >= 0.3 is 0 Å². The molecule has 2 heterocycles. The van der Waals surface area contributed by atoms with E-state index in [9.17, 15) is 9.18 Å². The molecule has 6 heteroatoms. The van der Waals surface area contributed by atoms with Crippen LogP contribution in [0.25, 0.3) is 0 Å². The molecule has 1 aliphatic rings. The second kappa shape index (κ2) is 8.24. The number of hydrogen-bond donors (Lipinski definition) is 3. The van der Waals surface area contributed by atoms with Crippen molar-refractivity contribution in [2.24, 2.45) is 0 Å². The summed E-state index contributed by atoms with van der Waals surface area (Å²) < 4.78 is 13.1. The number of hydrogen-bond acceptors (Lipinski definition) is 4. The van der Waals surface area contributed by atoms with E-state index in [1.165, 1.54) is 23.3 Å². The summed E-state index contributed by atoms with van der Waals surface area (Å²) in [4.78, 5) is 17.2. The lowest BCUT2D eigenvalue weighted by molar-refractivity contribution is 0.102. The molecule has 0 saturated carbocycles. The molecule has 0 aliphatic carbocycles. The monoisotopic (exact) mass is 404 g/mol. The minimum Gasteiger partial charge on any atom is -0.365 e. The molecule has 1 aromatic heterocycles. The topological polar surface area (TPSA) is 66.0 Å². The molecular formula is C24H25FN4O. The minimum absolute atomic E-state index is 0.0664. The normalized spacial score (nSPS) is 14.6. The molecule has 30 heavy (non-hydrogen) atoms. The van der Waals surface area contributed by atoms with E-state index in [0.29, 0.717) is 17.9 Å². The summed E-state index contributed by atoms with van der Waals surface area (Å²) >= 11 is 0. The first kappa shape index (κ1) is 20.0. The zero-order chi connectivity index (χ0) is 21.1. The molecule has 5 nitrogen and oxygen atoms in total. The van der Waals surface area contributed by atoms with Gasteiger partial charge in [-0.1, -0.05) is 32.0 Å². The van der Waals surface area contributed by atoms with Crippen LogP contribution in [0.15, 0.2) is 60.8 Å². The Labute approximate surface area is 175 Å². The van der Waals surface area contributed by atoms with Crippen molar-refractivity contribution in [1.82, 2.24) is 10.3 Å². The quantitative estimate of drug-likeness (QED) is 0.587. The standard InChI is InChI=1S/C24H25FN4O/c1-24(2)15-26-14-17-12-19(9-10-21(17)24)29-23(30)20-4-3-11-27-22(20)28-13-16-5-7-18(25)8-6-16/h3-12,26H,13-15H2,1-2H3,(H,27,28)(H,29,30). The summed E-state index contributed by atoms with van der Waals surface area (Å²) in [5.74, 6) is -0.0203. The molecule has 0 saturated heterocycles. The maximum atomic E-state index is 13.1. The van der Waals surface area contributed by atoms with Crippen LogP contribution in [-0.2, 0) is 18.5 Å². The first-order valence-electron chi connectivity index (χ1n) is 10.0. The van der Waals surface area contributed by atoms with Crippen molar-refractivity contribution in [3.05, 3.63) is 88.9 Å².